The number of aromatic nitrogens is 1. The molecule has 0 N–H and O–H groups in total. The summed E-state index contributed by atoms with van der Waals surface area (Å²) in [6, 6.07) is 2.71. The number of hydrogen-bond donors (Lipinski definition) is 0. The molecule has 9 nitrogen and oxygen atoms in total. The summed E-state index contributed by atoms with van der Waals surface area (Å²) in [5, 5.41) is 0. The van der Waals surface area contributed by atoms with E-state index >= 15 is 0 Å². The molecule has 3 amide bonds. The molecular weight excluding hydrogens is 491 g/mol. The zero-order valence-corrected chi connectivity index (χ0v) is 19.9. The van der Waals surface area contributed by atoms with Gasteiger partial charge in [0.15, 0.2) is 6.04 Å². The van der Waals surface area contributed by atoms with Crippen molar-refractivity contribution in [2.45, 2.75) is 55.8 Å². The van der Waals surface area contributed by atoms with Crippen LogP contribution in [0, 0.1) is 0 Å². The maximum atomic E-state index is 13.4. The molecule has 0 bridgehead atoms. The minimum Gasteiger partial charge on any atom is -0.458 e. The van der Waals surface area contributed by atoms with E-state index < -0.39 is 55.8 Å². The first-order chi connectivity index (χ1) is 16.1. The van der Waals surface area contributed by atoms with Crippen molar-refractivity contribution in [1.29, 1.82) is 0 Å². The Labute approximate surface area is 199 Å². The van der Waals surface area contributed by atoms with Gasteiger partial charge >= 0.3 is 17.5 Å². The summed E-state index contributed by atoms with van der Waals surface area (Å²) < 4.78 is 67.2. The summed E-state index contributed by atoms with van der Waals surface area (Å²) in [6.45, 7) is 6.30. The van der Waals surface area contributed by atoms with Gasteiger partial charge in [-0.15, -0.1) is 0 Å². The third-order valence-electron chi connectivity index (χ3n) is 5.05. The molecule has 1 aromatic carbocycles. The fourth-order valence-electron chi connectivity index (χ4n) is 3.47. The van der Waals surface area contributed by atoms with Crippen LogP contribution in [0.4, 0.5) is 23.7 Å². The average Bonchev–Trinajstić information content (AvgIpc) is 2.96. The number of halogens is 3. The van der Waals surface area contributed by atoms with E-state index in [-0.39, 0.29) is 5.69 Å². The van der Waals surface area contributed by atoms with Crippen LogP contribution in [0.15, 0.2) is 53.7 Å². The summed E-state index contributed by atoms with van der Waals surface area (Å²) in [6.07, 6.45) is 2.80. The Morgan fingerprint density at radius 2 is 1.57 bits per heavy atom. The molecule has 0 spiro atoms. The summed E-state index contributed by atoms with van der Waals surface area (Å²) >= 11 is 0. The maximum Gasteiger partial charge on any atom is 0.501 e. The van der Waals surface area contributed by atoms with E-state index in [1.54, 1.807) is 20.8 Å². The lowest BCUT2D eigenvalue weighted by molar-refractivity contribution is -0.161. The number of carbonyl (C=O) groups is 3. The highest BCUT2D eigenvalue weighted by atomic mass is 32.2. The van der Waals surface area contributed by atoms with E-state index in [0.29, 0.717) is 22.6 Å². The second kappa shape index (κ2) is 8.95. The van der Waals surface area contributed by atoms with Crippen LogP contribution in [0.2, 0.25) is 0 Å². The van der Waals surface area contributed by atoms with Crippen LogP contribution in [0.25, 0.3) is 0 Å². The van der Waals surface area contributed by atoms with E-state index in [1.807, 2.05) is 0 Å². The number of benzene rings is 1. The van der Waals surface area contributed by atoms with Gasteiger partial charge in [-0.3, -0.25) is 14.7 Å². The lowest BCUT2D eigenvalue weighted by atomic mass is 10.1. The predicted molar refractivity (Wildman–Crippen MR) is 117 cm³/mol. The molecular formula is C22H22F3N3O6S. The highest BCUT2D eigenvalue weighted by Gasteiger charge is 2.50. The first-order valence-electron chi connectivity index (χ1n) is 10.3. The lowest BCUT2D eigenvalue weighted by Crippen LogP contribution is -2.43. The smallest absolute Gasteiger partial charge is 0.458 e. The number of amides is 3. The fourth-order valence-corrected chi connectivity index (χ4v) is 4.24. The van der Waals surface area contributed by atoms with Crippen LogP contribution in [-0.2, 0) is 24.2 Å². The Morgan fingerprint density at radius 3 is 2.06 bits per heavy atom. The number of sulfone groups is 1. The van der Waals surface area contributed by atoms with Gasteiger partial charge in [0.1, 0.15) is 11.6 Å². The molecule has 2 atom stereocenters. The zero-order valence-electron chi connectivity index (χ0n) is 19.1. The Balaban J connectivity index is 2.01. The van der Waals surface area contributed by atoms with Crippen LogP contribution in [-0.4, -0.2) is 53.4 Å². The number of nitrogens with zero attached hydrogens (tertiary/aromatic N) is 3. The van der Waals surface area contributed by atoms with Crippen LogP contribution in [0.5, 0.6) is 0 Å². The van der Waals surface area contributed by atoms with Crippen molar-refractivity contribution in [3.8, 4) is 0 Å². The van der Waals surface area contributed by atoms with E-state index in [2.05, 4.69) is 4.98 Å². The molecule has 0 aliphatic carbocycles. The van der Waals surface area contributed by atoms with Crippen molar-refractivity contribution in [2.75, 3.05) is 4.90 Å². The van der Waals surface area contributed by atoms with Gasteiger partial charge in [0, 0.05) is 12.4 Å². The van der Waals surface area contributed by atoms with Crippen molar-refractivity contribution in [1.82, 2.24) is 9.88 Å². The highest BCUT2D eigenvalue weighted by Crippen LogP contribution is 2.36. The molecule has 2 unspecified atom stereocenters. The fraction of sp³-hybridized carbons (Fsp3) is 0.364. The first kappa shape index (κ1) is 26.1. The quantitative estimate of drug-likeness (QED) is 0.443. The Kier molecular flexibility index (Phi) is 6.68. The van der Waals surface area contributed by atoms with Crippen LogP contribution in [0.1, 0.15) is 39.3 Å². The molecule has 1 fully saturated rings. The number of pyridine rings is 1. The molecule has 0 radical (unpaired) electrons. The van der Waals surface area contributed by atoms with Crippen LogP contribution in [0.3, 0.4) is 0 Å². The van der Waals surface area contributed by atoms with E-state index in [4.69, 9.17) is 4.74 Å². The highest BCUT2D eigenvalue weighted by molar-refractivity contribution is 7.92. The summed E-state index contributed by atoms with van der Waals surface area (Å²) in [5.41, 5.74) is -6.24. The third kappa shape index (κ3) is 4.99. The molecule has 1 aliphatic rings. The number of alkyl halides is 3. The molecule has 188 valence electrons. The van der Waals surface area contributed by atoms with Gasteiger partial charge in [0.25, 0.3) is 15.7 Å². The maximum absolute atomic E-state index is 13.4. The zero-order chi connectivity index (χ0) is 26.3. The summed E-state index contributed by atoms with van der Waals surface area (Å²) in [7, 11) is -5.61. The van der Waals surface area contributed by atoms with Crippen molar-refractivity contribution in [3.05, 3.63) is 54.4 Å². The van der Waals surface area contributed by atoms with Gasteiger partial charge in [0.05, 0.1) is 10.6 Å². The Morgan fingerprint density at radius 1 is 1.03 bits per heavy atom. The van der Waals surface area contributed by atoms with Crippen molar-refractivity contribution >= 4 is 33.4 Å². The molecule has 2 heterocycles. The summed E-state index contributed by atoms with van der Waals surface area (Å²) in [4.78, 5) is 44.0. The normalized spacial score (nSPS) is 18.1. The van der Waals surface area contributed by atoms with Crippen molar-refractivity contribution in [2.24, 2.45) is 0 Å². The van der Waals surface area contributed by atoms with Crippen LogP contribution < -0.4 is 4.90 Å². The Hall–Kier alpha value is -3.48. The minimum absolute atomic E-state index is 0.159. The van der Waals surface area contributed by atoms with Crippen LogP contribution >= 0.6 is 0 Å². The number of carbonyl (C=O) groups excluding carboxylic acids is 3. The molecule has 35 heavy (non-hydrogen) atoms. The molecule has 2 aromatic rings. The number of urea groups is 1. The third-order valence-corrected chi connectivity index (χ3v) is 6.55. The van der Waals surface area contributed by atoms with E-state index in [9.17, 15) is 36.0 Å². The molecule has 13 heteroatoms. The lowest BCUT2D eigenvalue weighted by Gasteiger charge is -2.31. The van der Waals surface area contributed by atoms with Crippen molar-refractivity contribution in [3.63, 3.8) is 0 Å². The minimum atomic E-state index is -5.61. The largest absolute Gasteiger partial charge is 0.501 e. The van der Waals surface area contributed by atoms with Gasteiger partial charge in [-0.05, 0) is 69.7 Å². The van der Waals surface area contributed by atoms with Gasteiger partial charge in [-0.1, -0.05) is 0 Å². The predicted octanol–water partition coefficient (Wildman–Crippen LogP) is 3.62. The summed E-state index contributed by atoms with van der Waals surface area (Å²) in [5.74, 6) is -1.56. The number of rotatable bonds is 5. The monoisotopic (exact) mass is 513 g/mol. The number of esters is 1. The van der Waals surface area contributed by atoms with E-state index in [1.165, 1.54) is 31.5 Å². The number of ether oxygens (including phenoxy) is 1. The Bertz CT molecular complexity index is 1240. The number of anilines is 1. The van der Waals surface area contributed by atoms with Crippen molar-refractivity contribution < 1.29 is 40.7 Å². The van der Waals surface area contributed by atoms with E-state index in [0.717, 1.165) is 17.0 Å². The van der Waals surface area contributed by atoms with Gasteiger partial charge in [-0.2, -0.15) is 13.2 Å². The molecule has 3 rings (SSSR count). The molecule has 1 aliphatic heterocycles. The SMILES string of the molecule is CC1C(=O)N(c2ccc(S(=O)(=O)C(F)(F)F)cc2)C(=O)N1C(C(=O)OC(C)(C)C)c1ccncc1. The molecule has 1 aromatic heterocycles. The molecule has 0 saturated carbocycles. The number of imide groups is 1. The first-order valence-corrected chi connectivity index (χ1v) is 11.7. The average molecular weight is 513 g/mol. The number of hydrogen-bond acceptors (Lipinski definition) is 7. The second-order valence-electron chi connectivity index (χ2n) is 8.70. The second-order valence-corrected chi connectivity index (χ2v) is 10.6. The van der Waals surface area contributed by atoms with Gasteiger partial charge in [-0.25, -0.2) is 22.9 Å². The van der Waals surface area contributed by atoms with Gasteiger partial charge in [0.2, 0.25) is 0 Å². The topological polar surface area (TPSA) is 114 Å². The standard InChI is InChI=1S/C22H22F3N3O6S/c1-13-18(29)28(15-5-7-16(8-6-15)35(32,33)22(23,24)25)20(31)27(13)17(14-9-11-26-12-10-14)19(30)34-21(2,3)4/h5-13,17H,1-4H3. The molecule has 1 saturated heterocycles. The van der Waals surface area contributed by atoms with Gasteiger partial charge < -0.3 is 4.74 Å².